The third-order valence-electron chi connectivity index (χ3n) is 2.58. The van der Waals surface area contributed by atoms with E-state index in [-0.39, 0.29) is 11.2 Å². The molecule has 0 saturated heterocycles. The van der Waals surface area contributed by atoms with Gasteiger partial charge in [-0.3, -0.25) is 10.1 Å². The molecule has 1 N–H and O–H groups in total. The molecule has 0 aliphatic rings. The van der Waals surface area contributed by atoms with E-state index < -0.39 is 4.92 Å². The third-order valence-corrected chi connectivity index (χ3v) is 2.58. The predicted molar refractivity (Wildman–Crippen MR) is 74.5 cm³/mol. The highest BCUT2D eigenvalue weighted by atomic mass is 16.6. The van der Waals surface area contributed by atoms with Gasteiger partial charge >= 0.3 is 6.01 Å². The van der Waals surface area contributed by atoms with E-state index in [1.54, 1.807) is 6.07 Å². The van der Waals surface area contributed by atoms with E-state index in [9.17, 15) is 10.1 Å². The molecule has 7 nitrogen and oxygen atoms in total. The second kappa shape index (κ2) is 4.92. The quantitative estimate of drug-likeness (QED) is 0.683. The number of nitrogens with one attached hydrogen (secondary N) is 1. The van der Waals surface area contributed by atoms with Crippen molar-refractivity contribution in [2.45, 2.75) is 33.2 Å². The Balaban J connectivity index is 2.37. The van der Waals surface area contributed by atoms with Crippen molar-refractivity contribution in [2.24, 2.45) is 0 Å². The van der Waals surface area contributed by atoms with Gasteiger partial charge in [0.15, 0.2) is 0 Å². The number of anilines is 1. The molecule has 0 bridgehead atoms. The van der Waals surface area contributed by atoms with E-state index in [1.165, 1.54) is 12.1 Å². The van der Waals surface area contributed by atoms with Crippen LogP contribution in [-0.2, 0) is 0 Å². The van der Waals surface area contributed by atoms with Gasteiger partial charge in [-0.2, -0.15) is 4.98 Å². The van der Waals surface area contributed by atoms with Gasteiger partial charge in [-0.05, 0) is 33.3 Å². The Morgan fingerprint density at radius 3 is 2.65 bits per heavy atom. The van der Waals surface area contributed by atoms with E-state index in [0.29, 0.717) is 17.4 Å². The lowest BCUT2D eigenvalue weighted by molar-refractivity contribution is -0.384. The number of hydrogen-bond donors (Lipinski definition) is 1. The number of aryl methyl sites for hydroxylation is 1. The molecule has 2 aromatic rings. The largest absolute Gasteiger partial charge is 0.333 e. The average Bonchev–Trinajstić information content (AvgIpc) is 2.75. The van der Waals surface area contributed by atoms with Crippen LogP contribution in [0.4, 0.5) is 11.7 Å². The fourth-order valence-corrected chi connectivity index (χ4v) is 1.67. The molecule has 106 valence electrons. The molecular formula is C13H16N4O3. The van der Waals surface area contributed by atoms with Gasteiger partial charge in [0.05, 0.1) is 4.92 Å². The van der Waals surface area contributed by atoms with Crippen LogP contribution in [0.25, 0.3) is 11.4 Å². The first-order valence-corrected chi connectivity index (χ1v) is 6.13. The zero-order valence-corrected chi connectivity index (χ0v) is 11.8. The molecule has 0 atom stereocenters. The Kier molecular flexibility index (Phi) is 3.44. The van der Waals surface area contributed by atoms with Crippen molar-refractivity contribution in [3.05, 3.63) is 33.9 Å². The summed E-state index contributed by atoms with van der Waals surface area (Å²) in [6.07, 6.45) is 0. The topological polar surface area (TPSA) is 94.1 Å². The standard InChI is InChI=1S/C13H16N4O3/c1-8-5-6-9(17(18)19)7-10(8)11-14-12(20-16-11)15-13(2,3)4/h5-7H,1-4H3,(H,14,15,16). The minimum Gasteiger partial charge on any atom is -0.333 e. The summed E-state index contributed by atoms with van der Waals surface area (Å²) in [4.78, 5) is 14.6. The monoisotopic (exact) mass is 276 g/mol. The van der Waals surface area contributed by atoms with Gasteiger partial charge in [0, 0.05) is 23.2 Å². The van der Waals surface area contributed by atoms with Crippen molar-refractivity contribution < 1.29 is 9.45 Å². The fourth-order valence-electron chi connectivity index (χ4n) is 1.67. The molecule has 0 amide bonds. The Bertz CT molecular complexity index is 643. The summed E-state index contributed by atoms with van der Waals surface area (Å²) in [5, 5.41) is 17.7. The molecule has 0 fully saturated rings. The number of non-ortho nitro benzene ring substituents is 1. The molecule has 0 spiro atoms. The maximum absolute atomic E-state index is 10.8. The summed E-state index contributed by atoms with van der Waals surface area (Å²) >= 11 is 0. The molecule has 1 heterocycles. The second-order valence-corrected chi connectivity index (χ2v) is 5.55. The number of nitrogens with zero attached hydrogens (tertiary/aromatic N) is 3. The molecule has 1 aromatic heterocycles. The van der Waals surface area contributed by atoms with Crippen LogP contribution in [0.2, 0.25) is 0 Å². The molecule has 0 saturated carbocycles. The summed E-state index contributed by atoms with van der Waals surface area (Å²) < 4.78 is 5.11. The molecular weight excluding hydrogens is 260 g/mol. The van der Waals surface area contributed by atoms with Crippen LogP contribution in [0.3, 0.4) is 0 Å². The maximum Gasteiger partial charge on any atom is 0.322 e. The summed E-state index contributed by atoms with van der Waals surface area (Å²) in [5.41, 5.74) is 1.23. The van der Waals surface area contributed by atoms with Crippen LogP contribution in [0.5, 0.6) is 0 Å². The highest BCUT2D eigenvalue weighted by Crippen LogP contribution is 2.26. The number of hydrogen-bond acceptors (Lipinski definition) is 6. The SMILES string of the molecule is Cc1ccc([N+](=O)[O-])cc1-c1noc(NC(C)(C)C)n1. The zero-order valence-electron chi connectivity index (χ0n) is 11.8. The first-order valence-electron chi connectivity index (χ1n) is 6.13. The molecule has 2 rings (SSSR count). The maximum atomic E-state index is 10.8. The van der Waals surface area contributed by atoms with Gasteiger partial charge in [0.1, 0.15) is 0 Å². The lowest BCUT2D eigenvalue weighted by atomic mass is 10.1. The van der Waals surface area contributed by atoms with Crippen LogP contribution >= 0.6 is 0 Å². The number of rotatable bonds is 3. The van der Waals surface area contributed by atoms with Crippen LogP contribution < -0.4 is 5.32 Å². The van der Waals surface area contributed by atoms with Crippen molar-refractivity contribution in [3.63, 3.8) is 0 Å². The van der Waals surface area contributed by atoms with Gasteiger partial charge in [-0.15, -0.1) is 0 Å². The third kappa shape index (κ3) is 3.11. The Morgan fingerprint density at radius 1 is 1.35 bits per heavy atom. The highest BCUT2D eigenvalue weighted by molar-refractivity contribution is 5.64. The van der Waals surface area contributed by atoms with Gasteiger partial charge < -0.3 is 9.84 Å². The van der Waals surface area contributed by atoms with Gasteiger partial charge in [-0.1, -0.05) is 11.2 Å². The Labute approximate surface area is 116 Å². The molecule has 1 aromatic carbocycles. The summed E-state index contributed by atoms with van der Waals surface area (Å²) in [5.74, 6) is 0.331. The molecule has 0 radical (unpaired) electrons. The van der Waals surface area contributed by atoms with Crippen molar-refractivity contribution in [1.29, 1.82) is 0 Å². The highest BCUT2D eigenvalue weighted by Gasteiger charge is 2.18. The fraction of sp³-hybridized carbons (Fsp3) is 0.385. The second-order valence-electron chi connectivity index (χ2n) is 5.55. The number of nitro groups is 1. The summed E-state index contributed by atoms with van der Waals surface area (Å²) in [6.45, 7) is 7.74. The summed E-state index contributed by atoms with van der Waals surface area (Å²) in [6, 6.07) is 4.85. The smallest absolute Gasteiger partial charge is 0.322 e. The normalized spacial score (nSPS) is 11.4. The van der Waals surface area contributed by atoms with Crippen LogP contribution in [0.1, 0.15) is 26.3 Å². The lowest BCUT2D eigenvalue weighted by Gasteiger charge is -2.17. The van der Waals surface area contributed by atoms with Crippen LogP contribution in [-0.4, -0.2) is 20.6 Å². The Morgan fingerprint density at radius 2 is 2.05 bits per heavy atom. The summed E-state index contributed by atoms with van der Waals surface area (Å²) in [7, 11) is 0. The van der Waals surface area contributed by atoms with Gasteiger partial charge in [-0.25, -0.2) is 0 Å². The number of benzene rings is 1. The first-order chi connectivity index (χ1) is 9.26. The average molecular weight is 276 g/mol. The zero-order chi connectivity index (χ0) is 14.9. The van der Waals surface area contributed by atoms with Crippen molar-refractivity contribution in [3.8, 4) is 11.4 Å². The van der Waals surface area contributed by atoms with Crippen molar-refractivity contribution >= 4 is 11.7 Å². The minimum absolute atomic E-state index is 0.000676. The predicted octanol–water partition coefficient (Wildman–Crippen LogP) is 3.16. The molecule has 0 aliphatic carbocycles. The van der Waals surface area contributed by atoms with Gasteiger partial charge in [0.2, 0.25) is 5.82 Å². The van der Waals surface area contributed by atoms with Crippen molar-refractivity contribution in [2.75, 3.05) is 5.32 Å². The van der Waals surface area contributed by atoms with Gasteiger partial charge in [0.25, 0.3) is 5.69 Å². The van der Waals surface area contributed by atoms with Crippen molar-refractivity contribution in [1.82, 2.24) is 10.1 Å². The number of aromatic nitrogens is 2. The lowest BCUT2D eigenvalue weighted by Crippen LogP contribution is -2.26. The van der Waals surface area contributed by atoms with E-state index in [0.717, 1.165) is 5.56 Å². The van der Waals surface area contributed by atoms with E-state index >= 15 is 0 Å². The molecule has 20 heavy (non-hydrogen) atoms. The Hall–Kier alpha value is -2.44. The van der Waals surface area contributed by atoms with E-state index in [2.05, 4.69) is 15.5 Å². The molecule has 7 heteroatoms. The van der Waals surface area contributed by atoms with E-state index in [1.807, 2.05) is 27.7 Å². The molecule has 0 aliphatic heterocycles. The molecule has 0 unspecified atom stereocenters. The first kappa shape index (κ1) is 14.0. The van der Waals surface area contributed by atoms with Crippen LogP contribution in [0.15, 0.2) is 22.7 Å². The number of nitro benzene ring substituents is 1. The van der Waals surface area contributed by atoms with Crippen LogP contribution in [0, 0.1) is 17.0 Å². The van der Waals surface area contributed by atoms with E-state index in [4.69, 9.17) is 4.52 Å². The minimum atomic E-state index is -0.447.